The lowest BCUT2D eigenvalue weighted by atomic mass is 9.48. The quantitative estimate of drug-likeness (QED) is 0.602. The van der Waals surface area contributed by atoms with Crippen LogP contribution in [0, 0.1) is 23.2 Å². The van der Waals surface area contributed by atoms with Crippen molar-refractivity contribution in [2.45, 2.75) is 58.4 Å². The van der Waals surface area contributed by atoms with Crippen LogP contribution in [0.2, 0.25) is 0 Å². The molecule has 4 fully saturated rings. The Morgan fingerprint density at radius 3 is 2.08 bits per heavy atom. The number of thiocarbonyl (C=S) groups is 1. The monoisotopic (exact) mass is 356 g/mol. The predicted molar refractivity (Wildman–Crippen MR) is 106 cm³/mol. The second-order valence-electron chi connectivity index (χ2n) is 8.73. The van der Waals surface area contributed by atoms with E-state index in [1.54, 1.807) is 6.92 Å². The predicted octanol–water partition coefficient (Wildman–Crippen LogP) is 4.78. The van der Waals surface area contributed by atoms with Gasteiger partial charge >= 0.3 is 0 Å². The van der Waals surface area contributed by atoms with Crippen LogP contribution in [0.3, 0.4) is 0 Å². The van der Waals surface area contributed by atoms with Gasteiger partial charge in [-0.05, 0) is 112 Å². The van der Waals surface area contributed by atoms with Crippen molar-refractivity contribution in [2.24, 2.45) is 23.2 Å². The van der Waals surface area contributed by atoms with Gasteiger partial charge in [-0.2, -0.15) is 0 Å². The van der Waals surface area contributed by atoms with Gasteiger partial charge in [-0.1, -0.05) is 0 Å². The van der Waals surface area contributed by atoms with Gasteiger partial charge in [0, 0.05) is 17.3 Å². The minimum atomic E-state index is 0.0858. The zero-order chi connectivity index (χ0) is 17.6. The Balaban J connectivity index is 1.38. The summed E-state index contributed by atoms with van der Waals surface area (Å²) in [5, 5.41) is 7.55. The summed E-state index contributed by atoms with van der Waals surface area (Å²) < 4.78 is 0. The molecule has 0 radical (unpaired) electrons. The van der Waals surface area contributed by atoms with Gasteiger partial charge in [0.1, 0.15) is 0 Å². The third-order valence-electron chi connectivity index (χ3n) is 6.90. The van der Waals surface area contributed by atoms with E-state index in [1.165, 1.54) is 38.5 Å². The van der Waals surface area contributed by atoms with Crippen LogP contribution in [0.5, 0.6) is 0 Å². The van der Waals surface area contributed by atoms with E-state index >= 15 is 0 Å². The molecule has 1 unspecified atom stereocenters. The first kappa shape index (κ1) is 17.0. The standard InChI is InChI=1S/C21H28N2OS/c1-13(24)18-3-5-19(6-4-18)23-20(25)22-14(2)21-10-15-7-16(11-21)9-17(8-15)12-21/h3-6,14-17H,7-12H2,1-2H3,(H2,22,23,25). The molecule has 4 heteroatoms. The largest absolute Gasteiger partial charge is 0.359 e. The maximum atomic E-state index is 11.4. The molecular weight excluding hydrogens is 328 g/mol. The van der Waals surface area contributed by atoms with Crippen LogP contribution in [0.25, 0.3) is 0 Å². The molecule has 1 atom stereocenters. The number of hydrogen-bond donors (Lipinski definition) is 2. The van der Waals surface area contributed by atoms with E-state index < -0.39 is 0 Å². The molecule has 0 spiro atoms. The molecular formula is C21H28N2OS. The summed E-state index contributed by atoms with van der Waals surface area (Å²) in [6, 6.07) is 7.93. The summed E-state index contributed by atoms with van der Waals surface area (Å²) in [6.45, 7) is 3.90. The van der Waals surface area contributed by atoms with Crippen LogP contribution in [-0.2, 0) is 0 Å². The first-order chi connectivity index (χ1) is 11.9. The minimum Gasteiger partial charge on any atom is -0.359 e. The molecule has 4 bridgehead atoms. The van der Waals surface area contributed by atoms with E-state index in [1.807, 2.05) is 24.3 Å². The molecule has 5 rings (SSSR count). The molecule has 1 aromatic rings. The van der Waals surface area contributed by atoms with E-state index in [-0.39, 0.29) is 5.78 Å². The molecule has 134 valence electrons. The smallest absolute Gasteiger partial charge is 0.171 e. The topological polar surface area (TPSA) is 41.1 Å². The molecule has 0 amide bonds. The van der Waals surface area contributed by atoms with Crippen molar-refractivity contribution >= 4 is 28.8 Å². The minimum absolute atomic E-state index is 0.0858. The average molecular weight is 357 g/mol. The van der Waals surface area contributed by atoms with Crippen LogP contribution >= 0.6 is 12.2 Å². The van der Waals surface area contributed by atoms with E-state index in [9.17, 15) is 4.79 Å². The van der Waals surface area contributed by atoms with Crippen molar-refractivity contribution in [1.29, 1.82) is 0 Å². The van der Waals surface area contributed by atoms with Crippen molar-refractivity contribution in [1.82, 2.24) is 5.32 Å². The highest BCUT2D eigenvalue weighted by atomic mass is 32.1. The lowest BCUT2D eigenvalue weighted by Crippen LogP contribution is -2.56. The fourth-order valence-electron chi connectivity index (χ4n) is 6.01. The summed E-state index contributed by atoms with van der Waals surface area (Å²) in [5.41, 5.74) is 2.10. The molecule has 3 nitrogen and oxygen atoms in total. The van der Waals surface area contributed by atoms with E-state index in [0.717, 1.165) is 29.0 Å². The Bertz CT molecular complexity index is 646. The summed E-state index contributed by atoms with van der Waals surface area (Å²) in [5.74, 6) is 2.95. The summed E-state index contributed by atoms with van der Waals surface area (Å²) in [4.78, 5) is 11.4. The van der Waals surface area contributed by atoms with Crippen molar-refractivity contribution in [3.63, 3.8) is 0 Å². The van der Waals surface area contributed by atoms with Gasteiger partial charge in [-0.3, -0.25) is 4.79 Å². The average Bonchev–Trinajstić information content (AvgIpc) is 2.54. The van der Waals surface area contributed by atoms with Crippen molar-refractivity contribution < 1.29 is 4.79 Å². The molecule has 4 aliphatic rings. The SMILES string of the molecule is CC(=O)c1ccc(NC(=S)NC(C)C23CC4CC(CC(C4)C2)C3)cc1. The zero-order valence-electron chi connectivity index (χ0n) is 15.2. The second-order valence-corrected chi connectivity index (χ2v) is 9.14. The highest BCUT2D eigenvalue weighted by Crippen LogP contribution is 2.61. The molecule has 0 saturated heterocycles. The Labute approximate surface area is 156 Å². The lowest BCUT2D eigenvalue weighted by Gasteiger charge is -2.59. The number of anilines is 1. The summed E-state index contributed by atoms with van der Waals surface area (Å²) >= 11 is 5.56. The Morgan fingerprint density at radius 2 is 1.60 bits per heavy atom. The molecule has 25 heavy (non-hydrogen) atoms. The van der Waals surface area contributed by atoms with E-state index in [2.05, 4.69) is 17.6 Å². The Kier molecular flexibility index (Phi) is 4.35. The third kappa shape index (κ3) is 3.33. The van der Waals surface area contributed by atoms with Crippen LogP contribution in [0.15, 0.2) is 24.3 Å². The van der Waals surface area contributed by atoms with Gasteiger partial charge in [0.15, 0.2) is 10.9 Å². The second kappa shape index (κ2) is 6.39. The molecule has 1 aromatic carbocycles. The van der Waals surface area contributed by atoms with Crippen molar-refractivity contribution in [3.8, 4) is 0 Å². The summed E-state index contributed by atoms with van der Waals surface area (Å²) in [6.07, 6.45) is 8.54. The number of benzene rings is 1. The maximum Gasteiger partial charge on any atom is 0.171 e. The fourth-order valence-corrected chi connectivity index (χ4v) is 6.31. The molecule has 0 aliphatic heterocycles. The fraction of sp³-hybridized carbons (Fsp3) is 0.619. The summed E-state index contributed by atoms with van der Waals surface area (Å²) in [7, 11) is 0. The number of hydrogen-bond acceptors (Lipinski definition) is 2. The number of carbonyl (C=O) groups is 1. The molecule has 4 saturated carbocycles. The first-order valence-electron chi connectivity index (χ1n) is 9.62. The Hall–Kier alpha value is -1.42. The van der Waals surface area contributed by atoms with Gasteiger partial charge in [0.05, 0.1) is 0 Å². The van der Waals surface area contributed by atoms with Crippen LogP contribution in [0.4, 0.5) is 5.69 Å². The normalized spacial score (nSPS) is 33.8. The highest BCUT2D eigenvalue weighted by Gasteiger charge is 2.53. The maximum absolute atomic E-state index is 11.4. The molecule has 4 aliphatic carbocycles. The van der Waals surface area contributed by atoms with E-state index in [4.69, 9.17) is 12.2 Å². The Morgan fingerprint density at radius 1 is 1.08 bits per heavy atom. The third-order valence-corrected chi connectivity index (χ3v) is 7.12. The number of nitrogens with one attached hydrogen (secondary N) is 2. The number of rotatable bonds is 4. The van der Waals surface area contributed by atoms with Crippen LogP contribution in [-0.4, -0.2) is 16.9 Å². The highest BCUT2D eigenvalue weighted by molar-refractivity contribution is 7.80. The van der Waals surface area contributed by atoms with Gasteiger partial charge in [-0.15, -0.1) is 0 Å². The number of Topliss-reactive ketones (excluding diaryl/α,β-unsaturated/α-hetero) is 1. The lowest BCUT2D eigenvalue weighted by molar-refractivity contribution is -0.0671. The molecule has 0 aromatic heterocycles. The zero-order valence-corrected chi connectivity index (χ0v) is 16.0. The van der Waals surface area contributed by atoms with Crippen LogP contribution in [0.1, 0.15) is 62.7 Å². The van der Waals surface area contributed by atoms with Gasteiger partial charge in [-0.25, -0.2) is 0 Å². The van der Waals surface area contributed by atoms with Gasteiger partial charge in [0.25, 0.3) is 0 Å². The molecule has 2 N–H and O–H groups in total. The number of ketones is 1. The van der Waals surface area contributed by atoms with Crippen molar-refractivity contribution in [2.75, 3.05) is 5.32 Å². The van der Waals surface area contributed by atoms with E-state index in [0.29, 0.717) is 16.6 Å². The van der Waals surface area contributed by atoms with Gasteiger partial charge in [0.2, 0.25) is 0 Å². The van der Waals surface area contributed by atoms with Crippen molar-refractivity contribution in [3.05, 3.63) is 29.8 Å². The van der Waals surface area contributed by atoms with Gasteiger partial charge < -0.3 is 10.6 Å². The molecule has 0 heterocycles. The first-order valence-corrected chi connectivity index (χ1v) is 10.0. The number of carbonyl (C=O) groups excluding carboxylic acids is 1. The van der Waals surface area contributed by atoms with Crippen LogP contribution < -0.4 is 10.6 Å².